The third kappa shape index (κ3) is 3.90. The number of benzene rings is 1. The predicted octanol–water partition coefficient (Wildman–Crippen LogP) is 3.73. The Hall–Kier alpha value is -1.68. The molecule has 1 fully saturated rings. The van der Waals surface area contributed by atoms with Gasteiger partial charge >= 0.3 is 6.09 Å². The maximum absolute atomic E-state index is 11.6. The fourth-order valence-corrected chi connectivity index (χ4v) is 2.76. The molecule has 20 heavy (non-hydrogen) atoms. The lowest BCUT2D eigenvalue weighted by Crippen LogP contribution is -2.32. The van der Waals surface area contributed by atoms with Crippen LogP contribution >= 0.6 is 11.8 Å². The van der Waals surface area contributed by atoms with Crippen molar-refractivity contribution in [1.29, 1.82) is 0 Å². The van der Waals surface area contributed by atoms with Gasteiger partial charge in [0.25, 0.3) is 0 Å². The van der Waals surface area contributed by atoms with Gasteiger partial charge in [0, 0.05) is 17.2 Å². The zero-order chi connectivity index (χ0) is 14.4. The lowest BCUT2D eigenvalue weighted by atomic mass is 10.2. The van der Waals surface area contributed by atoms with Crippen molar-refractivity contribution in [2.75, 3.05) is 18.9 Å². The number of amides is 1. The van der Waals surface area contributed by atoms with E-state index in [1.54, 1.807) is 22.7 Å². The van der Waals surface area contributed by atoms with Crippen LogP contribution in [-0.2, 0) is 4.74 Å². The Morgan fingerprint density at radius 1 is 1.50 bits per heavy atom. The number of carbonyl (C=O) groups is 1. The van der Waals surface area contributed by atoms with Crippen LogP contribution in [0.1, 0.15) is 6.92 Å². The van der Waals surface area contributed by atoms with Crippen LogP contribution < -0.4 is 0 Å². The van der Waals surface area contributed by atoms with Crippen molar-refractivity contribution in [2.24, 2.45) is 0 Å². The van der Waals surface area contributed by atoms with Crippen LogP contribution in [0.3, 0.4) is 0 Å². The molecule has 0 bridgehead atoms. The number of carbonyl (C=O) groups excluding carboxylic acids is 1. The largest absolute Gasteiger partial charge is 0.447 e. The first-order chi connectivity index (χ1) is 9.70. The van der Waals surface area contributed by atoms with Crippen molar-refractivity contribution in [2.45, 2.75) is 17.9 Å². The van der Waals surface area contributed by atoms with Crippen molar-refractivity contribution >= 4 is 17.9 Å². The van der Waals surface area contributed by atoms with E-state index < -0.39 is 0 Å². The third-order valence-electron chi connectivity index (χ3n) is 3.13. The molecule has 0 N–H and O–H groups in total. The summed E-state index contributed by atoms with van der Waals surface area (Å²) >= 11 is 1.80. The number of rotatable bonds is 6. The van der Waals surface area contributed by atoms with E-state index in [2.05, 4.69) is 31.7 Å². The maximum Gasteiger partial charge on any atom is 0.410 e. The molecule has 0 radical (unpaired) electrons. The molecule has 0 spiro atoms. The summed E-state index contributed by atoms with van der Waals surface area (Å²) in [6.45, 7) is 6.81. The van der Waals surface area contributed by atoms with Gasteiger partial charge in [0.2, 0.25) is 0 Å². The zero-order valence-electron chi connectivity index (χ0n) is 11.6. The molecule has 1 atom stereocenters. The molecule has 2 rings (SSSR count). The average molecular weight is 289 g/mol. The number of nitrogens with zero attached hydrogens (tertiary/aromatic N) is 1. The molecule has 4 heteroatoms. The van der Waals surface area contributed by atoms with Crippen LogP contribution in [0.4, 0.5) is 4.79 Å². The van der Waals surface area contributed by atoms with E-state index in [4.69, 9.17) is 4.74 Å². The lowest BCUT2D eigenvalue weighted by Gasteiger charge is -2.16. The fourth-order valence-electron chi connectivity index (χ4n) is 1.90. The van der Waals surface area contributed by atoms with Crippen LogP contribution in [0.15, 0.2) is 59.5 Å². The molecule has 1 aromatic carbocycles. The Morgan fingerprint density at radius 3 is 2.95 bits per heavy atom. The van der Waals surface area contributed by atoms with Crippen molar-refractivity contribution in [3.8, 4) is 0 Å². The highest BCUT2D eigenvalue weighted by Gasteiger charge is 2.29. The van der Waals surface area contributed by atoms with Crippen LogP contribution in [0.2, 0.25) is 0 Å². The highest BCUT2D eigenvalue weighted by Crippen LogP contribution is 2.20. The molecule has 0 aromatic heterocycles. The first-order valence-electron chi connectivity index (χ1n) is 6.60. The third-order valence-corrected chi connectivity index (χ3v) is 4.34. The summed E-state index contributed by atoms with van der Waals surface area (Å²) in [5.41, 5.74) is 1.25. The number of thioether (sulfide) groups is 1. The number of ether oxygens (including phenoxy) is 1. The molecule has 1 amide bonds. The van der Waals surface area contributed by atoms with E-state index in [0.29, 0.717) is 13.2 Å². The van der Waals surface area contributed by atoms with Crippen molar-refractivity contribution < 1.29 is 9.53 Å². The second-order valence-electron chi connectivity index (χ2n) is 4.68. The summed E-state index contributed by atoms with van der Waals surface area (Å²) in [7, 11) is 0. The normalized spacial score (nSPS) is 19.1. The summed E-state index contributed by atoms with van der Waals surface area (Å²) < 4.78 is 5.01. The molecule has 0 saturated carbocycles. The van der Waals surface area contributed by atoms with Gasteiger partial charge in [-0.05, 0) is 19.1 Å². The fraction of sp³-hybridized carbons (Fsp3) is 0.312. The minimum absolute atomic E-state index is 0.00618. The van der Waals surface area contributed by atoms with E-state index in [1.165, 1.54) is 10.5 Å². The molecule has 1 heterocycles. The van der Waals surface area contributed by atoms with Gasteiger partial charge in [-0.15, -0.1) is 18.3 Å². The Morgan fingerprint density at radius 2 is 2.25 bits per heavy atom. The molecule has 0 aliphatic carbocycles. The maximum atomic E-state index is 11.6. The van der Waals surface area contributed by atoms with Crippen LogP contribution in [0.5, 0.6) is 0 Å². The molecule has 3 nitrogen and oxygen atoms in total. The second kappa shape index (κ2) is 7.20. The highest BCUT2D eigenvalue weighted by molar-refractivity contribution is 7.99. The zero-order valence-corrected chi connectivity index (χ0v) is 12.4. The van der Waals surface area contributed by atoms with Gasteiger partial charge in [0.15, 0.2) is 0 Å². The Balaban J connectivity index is 1.84. The standard InChI is InChI=1S/C16H19NO2S/c1-3-14-11-19-16(18)17(14)10-9-13(2)12-20-15-7-5-4-6-8-15/h3-9,14H,1,10-12H2,2H3/b13-9+/t14-/m0/s1. The molecule has 106 valence electrons. The minimum atomic E-state index is -0.255. The van der Waals surface area contributed by atoms with E-state index in [0.717, 1.165) is 5.75 Å². The summed E-state index contributed by atoms with van der Waals surface area (Å²) in [6, 6.07) is 10.3. The Kier molecular flexibility index (Phi) is 5.30. The number of hydrogen-bond acceptors (Lipinski definition) is 3. The van der Waals surface area contributed by atoms with Gasteiger partial charge < -0.3 is 4.74 Å². The van der Waals surface area contributed by atoms with Gasteiger partial charge in [-0.2, -0.15) is 0 Å². The van der Waals surface area contributed by atoms with E-state index in [1.807, 2.05) is 18.2 Å². The van der Waals surface area contributed by atoms with Gasteiger partial charge in [-0.3, -0.25) is 4.90 Å². The molecule has 0 unspecified atom stereocenters. The van der Waals surface area contributed by atoms with Crippen LogP contribution in [-0.4, -0.2) is 35.9 Å². The quantitative estimate of drug-likeness (QED) is 0.590. The molecule has 1 aliphatic rings. The van der Waals surface area contributed by atoms with Gasteiger partial charge in [0.1, 0.15) is 6.61 Å². The Bertz CT molecular complexity index is 498. The van der Waals surface area contributed by atoms with Gasteiger partial charge in [-0.25, -0.2) is 4.79 Å². The highest BCUT2D eigenvalue weighted by atomic mass is 32.2. The smallest absolute Gasteiger partial charge is 0.410 e. The molecule has 1 saturated heterocycles. The predicted molar refractivity (Wildman–Crippen MR) is 83.0 cm³/mol. The van der Waals surface area contributed by atoms with Crippen molar-refractivity contribution in [3.63, 3.8) is 0 Å². The average Bonchev–Trinajstić information content (AvgIpc) is 2.84. The topological polar surface area (TPSA) is 29.5 Å². The van der Waals surface area contributed by atoms with Crippen molar-refractivity contribution in [1.82, 2.24) is 4.90 Å². The van der Waals surface area contributed by atoms with E-state index in [-0.39, 0.29) is 12.1 Å². The number of cyclic esters (lactones) is 1. The molecular weight excluding hydrogens is 270 g/mol. The molecule has 1 aromatic rings. The summed E-state index contributed by atoms with van der Waals surface area (Å²) in [6.07, 6.45) is 3.58. The Labute approximate surface area is 124 Å². The molecular formula is C16H19NO2S. The van der Waals surface area contributed by atoms with Gasteiger partial charge in [-0.1, -0.05) is 35.9 Å². The van der Waals surface area contributed by atoms with Crippen LogP contribution in [0, 0.1) is 0 Å². The summed E-state index contributed by atoms with van der Waals surface area (Å²) in [5, 5.41) is 0. The lowest BCUT2D eigenvalue weighted by molar-refractivity contribution is 0.160. The SMILES string of the molecule is C=C[C@H]1COC(=O)N1C/C=C(\C)CSc1ccccc1. The monoisotopic (exact) mass is 289 g/mol. The first-order valence-corrected chi connectivity index (χ1v) is 7.58. The van der Waals surface area contributed by atoms with E-state index in [9.17, 15) is 4.79 Å². The summed E-state index contributed by atoms with van der Waals surface area (Å²) in [4.78, 5) is 14.5. The second-order valence-corrected chi connectivity index (χ2v) is 5.73. The minimum Gasteiger partial charge on any atom is -0.447 e. The van der Waals surface area contributed by atoms with Crippen LogP contribution in [0.25, 0.3) is 0 Å². The summed E-state index contributed by atoms with van der Waals surface area (Å²) in [5.74, 6) is 0.922. The van der Waals surface area contributed by atoms with E-state index >= 15 is 0 Å². The first kappa shape index (κ1) is 14.7. The number of hydrogen-bond donors (Lipinski definition) is 0. The van der Waals surface area contributed by atoms with Crippen molar-refractivity contribution in [3.05, 3.63) is 54.6 Å². The molecule has 1 aliphatic heterocycles. The van der Waals surface area contributed by atoms with Gasteiger partial charge in [0.05, 0.1) is 6.04 Å².